The van der Waals surface area contributed by atoms with E-state index < -0.39 is 0 Å². The third kappa shape index (κ3) is 7.59. The molecule has 0 aliphatic carbocycles. The van der Waals surface area contributed by atoms with Crippen LogP contribution in [0.5, 0.6) is 0 Å². The van der Waals surface area contributed by atoms with Crippen molar-refractivity contribution in [2.24, 2.45) is 0 Å². The average Bonchev–Trinajstić information content (AvgIpc) is 2.40. The molecule has 0 bridgehead atoms. The molecule has 0 saturated carbocycles. The van der Waals surface area contributed by atoms with Crippen LogP contribution < -0.4 is 10.6 Å². The molecule has 1 aromatic rings. The largest absolute Gasteiger partial charge is 0.385 e. The quantitative estimate of drug-likeness (QED) is 0.661. The highest BCUT2D eigenvalue weighted by atomic mass is 16.5. The summed E-state index contributed by atoms with van der Waals surface area (Å²) in [6, 6.07) is 8.43. The summed E-state index contributed by atoms with van der Waals surface area (Å²) in [5.74, 6) is 0.0420. The van der Waals surface area contributed by atoms with Crippen molar-refractivity contribution in [1.29, 1.82) is 0 Å². The Kier molecular flexibility index (Phi) is 7.86. The van der Waals surface area contributed by atoms with Gasteiger partial charge in [0, 0.05) is 20.3 Å². The standard InChI is InChI=1S/C15H24N2O2/c1-13-5-3-6-14(11-13)7-9-16-12-15(18)17-8-4-10-19-2/h3,5-6,11,16H,4,7-10,12H2,1-2H3,(H,17,18). The van der Waals surface area contributed by atoms with Crippen molar-refractivity contribution in [2.45, 2.75) is 19.8 Å². The van der Waals surface area contributed by atoms with Crippen LogP contribution in [0.25, 0.3) is 0 Å². The minimum atomic E-state index is 0.0420. The molecule has 106 valence electrons. The summed E-state index contributed by atoms with van der Waals surface area (Å²) < 4.78 is 4.91. The number of hydrogen-bond acceptors (Lipinski definition) is 3. The number of ether oxygens (including phenoxy) is 1. The van der Waals surface area contributed by atoms with E-state index in [0.717, 1.165) is 19.4 Å². The minimum absolute atomic E-state index is 0.0420. The van der Waals surface area contributed by atoms with Gasteiger partial charge in [-0.3, -0.25) is 4.79 Å². The Balaban J connectivity index is 2.05. The molecule has 4 nitrogen and oxygen atoms in total. The number of nitrogens with one attached hydrogen (secondary N) is 2. The zero-order valence-electron chi connectivity index (χ0n) is 11.9. The van der Waals surface area contributed by atoms with Gasteiger partial charge in [0.25, 0.3) is 0 Å². The van der Waals surface area contributed by atoms with Crippen molar-refractivity contribution >= 4 is 5.91 Å². The Labute approximate surface area is 115 Å². The van der Waals surface area contributed by atoms with Crippen LogP contribution in [-0.2, 0) is 16.0 Å². The first-order chi connectivity index (χ1) is 9.22. The summed E-state index contributed by atoms with van der Waals surface area (Å²) >= 11 is 0. The molecule has 4 heteroatoms. The van der Waals surface area contributed by atoms with Crippen molar-refractivity contribution in [3.05, 3.63) is 35.4 Å². The Morgan fingerprint density at radius 2 is 2.16 bits per heavy atom. The number of amides is 1. The highest BCUT2D eigenvalue weighted by Gasteiger charge is 1.99. The van der Waals surface area contributed by atoms with Gasteiger partial charge in [0.15, 0.2) is 0 Å². The number of carbonyl (C=O) groups is 1. The van der Waals surface area contributed by atoms with E-state index in [-0.39, 0.29) is 5.91 Å². The molecule has 0 aromatic heterocycles. The van der Waals surface area contributed by atoms with Crippen LogP contribution in [0.3, 0.4) is 0 Å². The van der Waals surface area contributed by atoms with E-state index in [9.17, 15) is 4.79 Å². The lowest BCUT2D eigenvalue weighted by molar-refractivity contribution is -0.120. The lowest BCUT2D eigenvalue weighted by Crippen LogP contribution is -2.35. The predicted octanol–water partition coefficient (Wildman–Crippen LogP) is 1.28. The molecule has 0 aliphatic rings. The van der Waals surface area contributed by atoms with Gasteiger partial charge in [-0.15, -0.1) is 0 Å². The van der Waals surface area contributed by atoms with Gasteiger partial charge in [0.1, 0.15) is 0 Å². The molecule has 1 amide bonds. The van der Waals surface area contributed by atoms with Crippen molar-refractivity contribution in [2.75, 3.05) is 33.4 Å². The zero-order chi connectivity index (χ0) is 13.9. The van der Waals surface area contributed by atoms with Crippen LogP contribution >= 0.6 is 0 Å². The number of hydrogen-bond donors (Lipinski definition) is 2. The molecule has 2 N–H and O–H groups in total. The Morgan fingerprint density at radius 1 is 1.32 bits per heavy atom. The molecule has 0 atom stereocenters. The minimum Gasteiger partial charge on any atom is -0.385 e. The average molecular weight is 264 g/mol. The summed E-state index contributed by atoms with van der Waals surface area (Å²) in [7, 11) is 1.66. The molecule has 0 saturated heterocycles. The lowest BCUT2D eigenvalue weighted by atomic mass is 10.1. The third-order valence-electron chi connectivity index (χ3n) is 2.81. The summed E-state index contributed by atoms with van der Waals surface area (Å²) in [5.41, 5.74) is 2.57. The van der Waals surface area contributed by atoms with Gasteiger partial charge >= 0.3 is 0 Å². The smallest absolute Gasteiger partial charge is 0.233 e. The van der Waals surface area contributed by atoms with Gasteiger partial charge in [-0.2, -0.15) is 0 Å². The monoisotopic (exact) mass is 264 g/mol. The fraction of sp³-hybridized carbons (Fsp3) is 0.533. The fourth-order valence-electron chi connectivity index (χ4n) is 1.81. The lowest BCUT2D eigenvalue weighted by Gasteiger charge is -2.07. The second kappa shape index (κ2) is 9.53. The maximum atomic E-state index is 11.5. The summed E-state index contributed by atoms with van der Waals surface area (Å²) in [6.45, 7) is 4.63. The maximum Gasteiger partial charge on any atom is 0.233 e. The molecule has 19 heavy (non-hydrogen) atoms. The first-order valence-corrected chi connectivity index (χ1v) is 6.74. The number of benzene rings is 1. The molecule has 1 aromatic carbocycles. The molecular weight excluding hydrogens is 240 g/mol. The van der Waals surface area contributed by atoms with E-state index >= 15 is 0 Å². The second-order valence-electron chi connectivity index (χ2n) is 4.61. The van der Waals surface area contributed by atoms with Gasteiger partial charge in [0.2, 0.25) is 5.91 Å². The topological polar surface area (TPSA) is 50.4 Å². The van der Waals surface area contributed by atoms with E-state index in [1.165, 1.54) is 11.1 Å². The predicted molar refractivity (Wildman–Crippen MR) is 77.3 cm³/mol. The Bertz CT molecular complexity index is 380. The molecule has 0 spiro atoms. The van der Waals surface area contributed by atoms with Crippen LogP contribution in [0.1, 0.15) is 17.5 Å². The summed E-state index contributed by atoms with van der Waals surface area (Å²) in [4.78, 5) is 11.5. The van der Waals surface area contributed by atoms with Gasteiger partial charge in [-0.25, -0.2) is 0 Å². The number of carbonyl (C=O) groups excluding carboxylic acids is 1. The van der Waals surface area contributed by atoms with E-state index in [1.54, 1.807) is 7.11 Å². The van der Waals surface area contributed by atoms with Gasteiger partial charge < -0.3 is 15.4 Å². The summed E-state index contributed by atoms with van der Waals surface area (Å²) in [6.07, 6.45) is 1.80. The molecular formula is C15H24N2O2. The second-order valence-corrected chi connectivity index (χ2v) is 4.61. The fourth-order valence-corrected chi connectivity index (χ4v) is 1.81. The first kappa shape index (κ1) is 15.7. The Morgan fingerprint density at radius 3 is 2.89 bits per heavy atom. The molecule has 0 heterocycles. The molecule has 0 aliphatic heterocycles. The maximum absolute atomic E-state index is 11.5. The Hall–Kier alpha value is -1.39. The number of aryl methyl sites for hydroxylation is 1. The first-order valence-electron chi connectivity index (χ1n) is 6.74. The SMILES string of the molecule is COCCCNC(=O)CNCCc1cccc(C)c1. The van der Waals surface area contributed by atoms with Gasteiger partial charge in [-0.05, 0) is 31.9 Å². The molecule has 0 radical (unpaired) electrons. The van der Waals surface area contributed by atoms with Crippen LogP contribution in [0.15, 0.2) is 24.3 Å². The number of methoxy groups -OCH3 is 1. The van der Waals surface area contributed by atoms with Crippen molar-refractivity contribution < 1.29 is 9.53 Å². The van der Waals surface area contributed by atoms with E-state index in [4.69, 9.17) is 4.74 Å². The molecule has 1 rings (SSSR count). The van der Waals surface area contributed by atoms with Crippen molar-refractivity contribution in [3.63, 3.8) is 0 Å². The van der Waals surface area contributed by atoms with Crippen LogP contribution in [-0.4, -0.2) is 39.3 Å². The van der Waals surface area contributed by atoms with Crippen LogP contribution in [0.2, 0.25) is 0 Å². The summed E-state index contributed by atoms with van der Waals surface area (Å²) in [5, 5.41) is 5.99. The van der Waals surface area contributed by atoms with E-state index in [2.05, 4.69) is 41.8 Å². The zero-order valence-corrected chi connectivity index (χ0v) is 11.9. The molecule has 0 fully saturated rings. The van der Waals surface area contributed by atoms with Crippen LogP contribution in [0, 0.1) is 6.92 Å². The third-order valence-corrected chi connectivity index (χ3v) is 2.81. The number of rotatable bonds is 9. The normalized spacial score (nSPS) is 10.4. The van der Waals surface area contributed by atoms with Crippen molar-refractivity contribution in [1.82, 2.24) is 10.6 Å². The van der Waals surface area contributed by atoms with E-state index in [0.29, 0.717) is 19.7 Å². The van der Waals surface area contributed by atoms with E-state index in [1.807, 2.05) is 0 Å². The highest BCUT2D eigenvalue weighted by Crippen LogP contribution is 2.03. The molecule has 0 unspecified atom stereocenters. The van der Waals surface area contributed by atoms with Crippen LogP contribution in [0.4, 0.5) is 0 Å². The highest BCUT2D eigenvalue weighted by molar-refractivity contribution is 5.77. The van der Waals surface area contributed by atoms with Gasteiger partial charge in [-0.1, -0.05) is 29.8 Å². The van der Waals surface area contributed by atoms with Crippen molar-refractivity contribution in [3.8, 4) is 0 Å². The van der Waals surface area contributed by atoms with Gasteiger partial charge in [0.05, 0.1) is 6.54 Å².